The molecule has 0 radical (unpaired) electrons. The maximum absolute atomic E-state index is 13.0. The van der Waals surface area contributed by atoms with Crippen molar-refractivity contribution in [3.05, 3.63) is 89.7 Å². The van der Waals surface area contributed by atoms with Gasteiger partial charge in [0.25, 0.3) is 0 Å². The molecule has 2 aromatic carbocycles. The zero-order chi connectivity index (χ0) is 21.9. The number of pyridine rings is 1. The average molecular weight is 445 g/mol. The molecule has 3 heterocycles. The van der Waals surface area contributed by atoms with Crippen LogP contribution in [0.25, 0.3) is 16.9 Å². The molecule has 1 fully saturated rings. The molecule has 32 heavy (non-hydrogen) atoms. The lowest BCUT2D eigenvalue weighted by Crippen LogP contribution is -2.48. The van der Waals surface area contributed by atoms with Crippen molar-refractivity contribution >= 4 is 28.8 Å². The van der Waals surface area contributed by atoms with Gasteiger partial charge in [0.1, 0.15) is 5.65 Å². The van der Waals surface area contributed by atoms with Crippen LogP contribution in [0.3, 0.4) is 0 Å². The maximum atomic E-state index is 13.0. The summed E-state index contributed by atoms with van der Waals surface area (Å²) in [5, 5.41) is 0.679. The van der Waals surface area contributed by atoms with E-state index in [4.69, 9.17) is 16.6 Å². The van der Waals surface area contributed by atoms with E-state index >= 15 is 0 Å². The predicted octanol–water partition coefficient (Wildman–Crippen LogP) is 4.94. The molecule has 0 atom stereocenters. The van der Waals surface area contributed by atoms with Gasteiger partial charge in [-0.2, -0.15) is 0 Å². The molecule has 5 rings (SSSR count). The van der Waals surface area contributed by atoms with E-state index in [-0.39, 0.29) is 5.91 Å². The van der Waals surface area contributed by atoms with Crippen molar-refractivity contribution in [2.45, 2.75) is 12.8 Å². The van der Waals surface area contributed by atoms with Crippen LogP contribution in [-0.2, 0) is 11.2 Å². The van der Waals surface area contributed by atoms with Crippen LogP contribution in [-0.4, -0.2) is 46.4 Å². The van der Waals surface area contributed by atoms with Crippen molar-refractivity contribution in [2.75, 3.05) is 31.1 Å². The van der Waals surface area contributed by atoms with E-state index < -0.39 is 0 Å². The summed E-state index contributed by atoms with van der Waals surface area (Å²) in [6.45, 7) is 3.22. The van der Waals surface area contributed by atoms with Crippen molar-refractivity contribution in [2.24, 2.45) is 0 Å². The number of carbonyl (C=O) groups excluding carboxylic acids is 1. The Labute approximate surface area is 192 Å². The van der Waals surface area contributed by atoms with Crippen LogP contribution in [0.2, 0.25) is 5.02 Å². The number of halogens is 1. The Balaban J connectivity index is 1.30. The molecule has 0 bridgehead atoms. The summed E-state index contributed by atoms with van der Waals surface area (Å²) in [5.74, 6) is 0.195. The Hall–Kier alpha value is -3.31. The normalized spacial score (nSPS) is 14.2. The molecule has 0 N–H and O–H groups in total. The topological polar surface area (TPSA) is 40.9 Å². The second kappa shape index (κ2) is 9.05. The van der Waals surface area contributed by atoms with Gasteiger partial charge in [-0.25, -0.2) is 4.98 Å². The summed E-state index contributed by atoms with van der Waals surface area (Å²) in [7, 11) is 0. The van der Waals surface area contributed by atoms with Crippen LogP contribution in [0.4, 0.5) is 5.69 Å². The quantitative estimate of drug-likeness (QED) is 0.438. The molecule has 0 aliphatic carbocycles. The SMILES string of the molecule is O=C(CCc1c(-c2cccc(Cl)c2)nc2ccccn12)N1CCN(c2ccccc2)CC1. The lowest BCUT2D eigenvalue weighted by Gasteiger charge is -2.36. The van der Waals surface area contributed by atoms with Crippen LogP contribution in [0.1, 0.15) is 12.1 Å². The summed E-state index contributed by atoms with van der Waals surface area (Å²) in [6.07, 6.45) is 3.10. The number of hydrogen-bond donors (Lipinski definition) is 0. The fraction of sp³-hybridized carbons (Fsp3) is 0.231. The molecule has 0 unspecified atom stereocenters. The van der Waals surface area contributed by atoms with Crippen LogP contribution >= 0.6 is 11.6 Å². The summed E-state index contributed by atoms with van der Waals surface area (Å²) < 4.78 is 2.08. The molecule has 4 aromatic rings. The minimum absolute atomic E-state index is 0.195. The first-order chi connectivity index (χ1) is 15.7. The summed E-state index contributed by atoms with van der Waals surface area (Å²) in [4.78, 5) is 22.2. The van der Waals surface area contributed by atoms with Crippen molar-refractivity contribution in [3.63, 3.8) is 0 Å². The fourth-order valence-electron chi connectivity index (χ4n) is 4.39. The molecule has 2 aromatic heterocycles. The van der Waals surface area contributed by atoms with Crippen LogP contribution < -0.4 is 4.90 Å². The van der Waals surface area contributed by atoms with Gasteiger partial charge < -0.3 is 14.2 Å². The molecule has 0 saturated carbocycles. The van der Waals surface area contributed by atoms with Gasteiger partial charge in [0, 0.05) is 55.1 Å². The summed E-state index contributed by atoms with van der Waals surface area (Å²) in [6, 6.07) is 24.1. The molecule has 1 saturated heterocycles. The third-order valence-electron chi connectivity index (χ3n) is 6.06. The third-order valence-corrected chi connectivity index (χ3v) is 6.29. The third kappa shape index (κ3) is 4.21. The first kappa shape index (κ1) is 20.6. The van der Waals surface area contributed by atoms with Gasteiger partial charge >= 0.3 is 0 Å². The number of anilines is 1. The molecule has 0 spiro atoms. The fourth-order valence-corrected chi connectivity index (χ4v) is 4.58. The lowest BCUT2D eigenvalue weighted by atomic mass is 10.1. The zero-order valence-electron chi connectivity index (χ0n) is 17.8. The van der Waals surface area contributed by atoms with Gasteiger partial charge in [-0.05, 0) is 42.8 Å². The average Bonchev–Trinajstić information content (AvgIpc) is 3.22. The van der Waals surface area contributed by atoms with E-state index in [1.165, 1.54) is 5.69 Å². The second-order valence-electron chi connectivity index (χ2n) is 8.05. The maximum Gasteiger partial charge on any atom is 0.223 e. The standard InChI is InChI=1S/C26H25ClN4O/c27-21-8-6-7-20(19-21)26-23(31-14-5-4-11-24(31)28-26)12-13-25(32)30-17-15-29(16-18-30)22-9-2-1-3-10-22/h1-11,14,19H,12-13,15-18H2. The monoisotopic (exact) mass is 444 g/mol. The van der Waals surface area contributed by atoms with Crippen molar-refractivity contribution < 1.29 is 4.79 Å². The first-order valence-electron chi connectivity index (χ1n) is 11.0. The van der Waals surface area contributed by atoms with Crippen LogP contribution in [0, 0.1) is 0 Å². The highest BCUT2D eigenvalue weighted by molar-refractivity contribution is 6.30. The van der Waals surface area contributed by atoms with E-state index in [1.54, 1.807) is 0 Å². The van der Waals surface area contributed by atoms with Crippen LogP contribution in [0.15, 0.2) is 79.0 Å². The van der Waals surface area contributed by atoms with Gasteiger partial charge in [-0.1, -0.05) is 48.0 Å². The number of amides is 1. The second-order valence-corrected chi connectivity index (χ2v) is 8.49. The molecule has 6 heteroatoms. The Morgan fingerprint density at radius 2 is 1.69 bits per heavy atom. The smallest absolute Gasteiger partial charge is 0.223 e. The number of aryl methyl sites for hydroxylation is 1. The molecule has 5 nitrogen and oxygen atoms in total. The Bertz CT molecular complexity index is 1230. The van der Waals surface area contributed by atoms with E-state index in [0.717, 1.165) is 48.8 Å². The summed E-state index contributed by atoms with van der Waals surface area (Å²) in [5.41, 5.74) is 5.00. The Kier molecular flexibility index (Phi) is 5.82. The van der Waals surface area contributed by atoms with Crippen molar-refractivity contribution in [1.29, 1.82) is 0 Å². The van der Waals surface area contributed by atoms with Crippen molar-refractivity contribution in [1.82, 2.24) is 14.3 Å². The largest absolute Gasteiger partial charge is 0.368 e. The number of rotatable bonds is 5. The number of imidazole rings is 1. The Morgan fingerprint density at radius 1 is 0.906 bits per heavy atom. The Morgan fingerprint density at radius 3 is 2.47 bits per heavy atom. The summed E-state index contributed by atoms with van der Waals surface area (Å²) >= 11 is 6.23. The number of carbonyl (C=O) groups is 1. The number of para-hydroxylation sites is 1. The number of hydrogen-bond acceptors (Lipinski definition) is 3. The van der Waals surface area contributed by atoms with E-state index in [2.05, 4.69) is 33.6 Å². The number of nitrogens with zero attached hydrogens (tertiary/aromatic N) is 4. The van der Waals surface area contributed by atoms with E-state index in [1.807, 2.05) is 59.6 Å². The van der Waals surface area contributed by atoms with E-state index in [0.29, 0.717) is 17.9 Å². The van der Waals surface area contributed by atoms with Gasteiger partial charge in [0.05, 0.1) is 11.4 Å². The van der Waals surface area contributed by atoms with Gasteiger partial charge in [-0.3, -0.25) is 4.79 Å². The van der Waals surface area contributed by atoms with Crippen LogP contribution in [0.5, 0.6) is 0 Å². The minimum Gasteiger partial charge on any atom is -0.368 e. The minimum atomic E-state index is 0.195. The molecule has 1 amide bonds. The lowest BCUT2D eigenvalue weighted by molar-refractivity contribution is -0.131. The highest BCUT2D eigenvalue weighted by Gasteiger charge is 2.22. The van der Waals surface area contributed by atoms with Gasteiger partial charge in [0.2, 0.25) is 5.91 Å². The van der Waals surface area contributed by atoms with Gasteiger partial charge in [0.15, 0.2) is 0 Å². The number of benzene rings is 2. The molecular formula is C26H25ClN4O. The number of piperazine rings is 1. The molecule has 162 valence electrons. The molecular weight excluding hydrogens is 420 g/mol. The molecule has 1 aliphatic rings. The van der Waals surface area contributed by atoms with E-state index in [9.17, 15) is 4.79 Å². The zero-order valence-corrected chi connectivity index (χ0v) is 18.6. The molecule has 1 aliphatic heterocycles. The number of fused-ring (bicyclic) bond motifs is 1. The first-order valence-corrected chi connectivity index (χ1v) is 11.4. The highest BCUT2D eigenvalue weighted by Crippen LogP contribution is 2.28. The van der Waals surface area contributed by atoms with Crippen molar-refractivity contribution in [3.8, 4) is 11.3 Å². The highest BCUT2D eigenvalue weighted by atomic mass is 35.5. The van der Waals surface area contributed by atoms with Gasteiger partial charge in [-0.15, -0.1) is 0 Å². The predicted molar refractivity (Wildman–Crippen MR) is 129 cm³/mol. The number of aromatic nitrogens is 2.